The van der Waals surface area contributed by atoms with Crippen LogP contribution in [-0.4, -0.2) is 13.0 Å². The van der Waals surface area contributed by atoms with Gasteiger partial charge in [-0.1, -0.05) is 0 Å². The van der Waals surface area contributed by atoms with E-state index in [9.17, 15) is 18.0 Å². The molecule has 0 saturated heterocycles. The summed E-state index contributed by atoms with van der Waals surface area (Å²) in [5.74, 6) is -4.10. The first kappa shape index (κ1) is 9.97. The summed E-state index contributed by atoms with van der Waals surface area (Å²) in [6, 6.07) is -0.547. The maximum atomic E-state index is 13.3. The molecule has 3 nitrogen and oxygen atoms in total. The quantitative estimate of drug-likeness (QED) is 0.695. The highest BCUT2D eigenvalue weighted by molar-refractivity contribution is 6.02. The van der Waals surface area contributed by atoms with Gasteiger partial charge in [-0.05, 0) is 7.05 Å². The van der Waals surface area contributed by atoms with Crippen molar-refractivity contribution >= 4 is 11.6 Å². The molecule has 1 aliphatic rings. The van der Waals surface area contributed by atoms with Crippen LogP contribution in [0.3, 0.4) is 0 Å². The fraction of sp³-hybridized carbons (Fsp3) is 0.222. The molecule has 6 heteroatoms. The zero-order valence-electron chi connectivity index (χ0n) is 7.70. The highest BCUT2D eigenvalue weighted by atomic mass is 19.2. The van der Waals surface area contributed by atoms with E-state index in [-0.39, 0.29) is 5.56 Å². The second kappa shape index (κ2) is 3.23. The van der Waals surface area contributed by atoms with Gasteiger partial charge in [-0.3, -0.25) is 4.79 Å². The van der Waals surface area contributed by atoms with Crippen molar-refractivity contribution in [3.05, 3.63) is 29.1 Å². The van der Waals surface area contributed by atoms with Gasteiger partial charge in [0.15, 0.2) is 11.6 Å². The first-order chi connectivity index (χ1) is 7.06. The lowest BCUT2D eigenvalue weighted by molar-refractivity contribution is -0.117. The van der Waals surface area contributed by atoms with E-state index >= 15 is 0 Å². The summed E-state index contributed by atoms with van der Waals surface area (Å²) in [4.78, 5) is 11.2. The minimum absolute atomic E-state index is 0.179. The molecule has 1 unspecified atom stereocenters. The number of anilines is 1. The zero-order chi connectivity index (χ0) is 11.2. The molecule has 0 saturated carbocycles. The third kappa shape index (κ3) is 1.29. The number of halogens is 3. The SMILES string of the molecule is CNC1C(=O)Nc2c(F)c(F)cc(F)c21. The van der Waals surface area contributed by atoms with Crippen molar-refractivity contribution in [2.75, 3.05) is 12.4 Å². The number of hydrogen-bond acceptors (Lipinski definition) is 2. The summed E-state index contributed by atoms with van der Waals surface area (Å²) >= 11 is 0. The summed E-state index contributed by atoms with van der Waals surface area (Å²) in [5, 5.41) is 4.61. The molecule has 0 aromatic heterocycles. The first-order valence-electron chi connectivity index (χ1n) is 4.21. The van der Waals surface area contributed by atoms with Crippen LogP contribution in [0.2, 0.25) is 0 Å². The van der Waals surface area contributed by atoms with E-state index in [4.69, 9.17) is 0 Å². The Morgan fingerprint density at radius 1 is 1.33 bits per heavy atom. The third-order valence-corrected chi connectivity index (χ3v) is 2.30. The summed E-state index contributed by atoms with van der Waals surface area (Å²) in [7, 11) is 1.43. The molecular formula is C9H7F3N2O. The Hall–Kier alpha value is -1.56. The van der Waals surface area contributed by atoms with Gasteiger partial charge in [-0.25, -0.2) is 13.2 Å². The van der Waals surface area contributed by atoms with Crippen molar-refractivity contribution in [2.45, 2.75) is 6.04 Å². The zero-order valence-corrected chi connectivity index (χ0v) is 7.70. The molecule has 1 heterocycles. The normalized spacial score (nSPS) is 18.9. The molecule has 1 amide bonds. The van der Waals surface area contributed by atoms with Crippen LogP contribution in [-0.2, 0) is 4.79 Å². The number of hydrogen-bond donors (Lipinski definition) is 2. The Morgan fingerprint density at radius 2 is 2.00 bits per heavy atom. The number of benzene rings is 1. The molecule has 0 bridgehead atoms. The highest BCUT2D eigenvalue weighted by Crippen LogP contribution is 2.35. The van der Waals surface area contributed by atoms with Crippen LogP contribution >= 0.6 is 0 Å². The van der Waals surface area contributed by atoms with Crippen molar-refractivity contribution in [1.82, 2.24) is 5.32 Å². The summed E-state index contributed by atoms with van der Waals surface area (Å²) in [6.07, 6.45) is 0. The van der Waals surface area contributed by atoms with E-state index in [1.807, 2.05) is 0 Å². The van der Waals surface area contributed by atoms with Crippen LogP contribution in [0.5, 0.6) is 0 Å². The van der Waals surface area contributed by atoms with Crippen molar-refractivity contribution in [1.29, 1.82) is 0 Å². The average Bonchev–Trinajstić information content (AvgIpc) is 2.52. The molecule has 15 heavy (non-hydrogen) atoms. The molecule has 2 rings (SSSR count). The monoisotopic (exact) mass is 216 g/mol. The van der Waals surface area contributed by atoms with Gasteiger partial charge < -0.3 is 10.6 Å². The molecule has 1 aromatic carbocycles. The van der Waals surface area contributed by atoms with Gasteiger partial charge in [0.1, 0.15) is 11.9 Å². The lowest BCUT2D eigenvalue weighted by atomic mass is 10.1. The molecule has 80 valence electrons. The second-order valence-electron chi connectivity index (χ2n) is 3.15. The Bertz CT molecular complexity index is 447. The van der Waals surface area contributed by atoms with E-state index in [0.717, 1.165) is 0 Å². The van der Waals surface area contributed by atoms with Gasteiger partial charge in [-0.2, -0.15) is 0 Å². The van der Waals surface area contributed by atoms with Crippen molar-refractivity contribution in [3.63, 3.8) is 0 Å². The van der Waals surface area contributed by atoms with E-state index in [1.54, 1.807) is 0 Å². The maximum Gasteiger partial charge on any atom is 0.246 e. The van der Waals surface area contributed by atoms with Gasteiger partial charge in [0, 0.05) is 11.6 Å². The summed E-state index contributed by atoms with van der Waals surface area (Å²) in [5.41, 5.74) is -0.599. The molecule has 0 aliphatic carbocycles. The predicted molar refractivity (Wildman–Crippen MR) is 46.7 cm³/mol. The highest BCUT2D eigenvalue weighted by Gasteiger charge is 2.35. The molecule has 1 atom stereocenters. The van der Waals surface area contributed by atoms with Crippen LogP contribution in [0.25, 0.3) is 0 Å². The first-order valence-corrected chi connectivity index (χ1v) is 4.21. The number of rotatable bonds is 1. The number of nitrogens with one attached hydrogen (secondary N) is 2. The molecular weight excluding hydrogens is 209 g/mol. The van der Waals surface area contributed by atoms with Crippen molar-refractivity contribution in [2.24, 2.45) is 0 Å². The average molecular weight is 216 g/mol. The van der Waals surface area contributed by atoms with Gasteiger partial charge in [0.25, 0.3) is 0 Å². The lowest BCUT2D eigenvalue weighted by Gasteiger charge is -2.07. The smallest absolute Gasteiger partial charge is 0.246 e. The molecule has 0 fully saturated rings. The Kier molecular flexibility index (Phi) is 2.15. The van der Waals surface area contributed by atoms with Crippen LogP contribution in [0.1, 0.15) is 11.6 Å². The van der Waals surface area contributed by atoms with Gasteiger partial charge in [-0.15, -0.1) is 0 Å². The van der Waals surface area contributed by atoms with Crippen LogP contribution < -0.4 is 10.6 Å². The minimum atomic E-state index is -1.32. The van der Waals surface area contributed by atoms with Gasteiger partial charge in [0.2, 0.25) is 5.91 Å². The maximum absolute atomic E-state index is 13.3. The van der Waals surface area contributed by atoms with Crippen molar-refractivity contribution < 1.29 is 18.0 Å². The second-order valence-corrected chi connectivity index (χ2v) is 3.15. The largest absolute Gasteiger partial charge is 0.321 e. The Labute approximate surface area is 83.3 Å². The number of fused-ring (bicyclic) bond motifs is 1. The molecule has 1 aliphatic heterocycles. The number of carbonyl (C=O) groups is 1. The lowest BCUT2D eigenvalue weighted by Crippen LogP contribution is -2.24. The molecule has 2 N–H and O–H groups in total. The van der Waals surface area contributed by atoms with Crippen LogP contribution in [0.4, 0.5) is 18.9 Å². The fourth-order valence-electron chi connectivity index (χ4n) is 1.62. The Morgan fingerprint density at radius 3 is 2.60 bits per heavy atom. The van der Waals surface area contributed by atoms with Crippen molar-refractivity contribution in [3.8, 4) is 0 Å². The number of likely N-dealkylation sites (N-methyl/N-ethyl adjacent to an activating group) is 1. The molecule has 0 spiro atoms. The standard InChI is InChI=1S/C9H7F3N2O/c1-13-8-5-3(10)2-4(11)6(12)7(5)14-9(8)15/h2,8,13H,1H3,(H,14,15). The van der Waals surface area contributed by atoms with Gasteiger partial charge in [0.05, 0.1) is 5.69 Å². The third-order valence-electron chi connectivity index (χ3n) is 2.30. The minimum Gasteiger partial charge on any atom is -0.321 e. The number of carbonyl (C=O) groups excluding carboxylic acids is 1. The van der Waals surface area contributed by atoms with Gasteiger partial charge >= 0.3 is 0 Å². The topological polar surface area (TPSA) is 41.1 Å². The van der Waals surface area contributed by atoms with E-state index < -0.39 is 35.1 Å². The summed E-state index contributed by atoms with van der Waals surface area (Å²) in [6.45, 7) is 0. The van der Waals surface area contributed by atoms with Crippen LogP contribution in [0.15, 0.2) is 6.07 Å². The fourth-order valence-corrected chi connectivity index (χ4v) is 1.62. The van der Waals surface area contributed by atoms with E-state index in [1.165, 1.54) is 7.05 Å². The summed E-state index contributed by atoms with van der Waals surface area (Å²) < 4.78 is 39.3. The molecule has 1 aromatic rings. The predicted octanol–water partition coefficient (Wildman–Crippen LogP) is 1.32. The number of amides is 1. The Balaban J connectivity index is 2.67. The van der Waals surface area contributed by atoms with E-state index in [0.29, 0.717) is 6.07 Å². The molecule has 0 radical (unpaired) electrons. The van der Waals surface area contributed by atoms with Crippen LogP contribution in [0, 0.1) is 17.5 Å². The van der Waals surface area contributed by atoms with E-state index in [2.05, 4.69) is 10.6 Å².